The van der Waals surface area contributed by atoms with E-state index in [-0.39, 0.29) is 15.7 Å². The Bertz CT molecular complexity index is 723. The summed E-state index contributed by atoms with van der Waals surface area (Å²) < 4.78 is 44.3. The van der Waals surface area contributed by atoms with Gasteiger partial charge in [0.25, 0.3) is 0 Å². The van der Waals surface area contributed by atoms with E-state index in [9.17, 15) is 13.2 Å². The minimum absolute atomic E-state index is 0.107. The van der Waals surface area contributed by atoms with Crippen LogP contribution in [-0.2, 0) is 0 Å². The van der Waals surface area contributed by atoms with E-state index < -0.39 is 17.6 Å². The van der Waals surface area contributed by atoms with Gasteiger partial charge in [0.1, 0.15) is 21.6 Å². The van der Waals surface area contributed by atoms with Crippen molar-refractivity contribution in [3.05, 3.63) is 46.9 Å². The molecular weight excluding hydrogens is 347 g/mol. The summed E-state index contributed by atoms with van der Waals surface area (Å²) >= 11 is 6.73. The Labute approximate surface area is 141 Å². The lowest BCUT2D eigenvalue weighted by molar-refractivity contribution is 0.541. The van der Waals surface area contributed by atoms with Gasteiger partial charge in [-0.05, 0) is 36.9 Å². The highest BCUT2D eigenvalue weighted by Gasteiger charge is 2.23. The van der Waals surface area contributed by atoms with Gasteiger partial charge >= 0.3 is 0 Å². The number of anilines is 2. The van der Waals surface area contributed by atoms with Crippen LogP contribution in [0.5, 0.6) is 0 Å². The Hall–Kier alpha value is -1.60. The molecule has 0 saturated carbocycles. The molecule has 0 aliphatic carbocycles. The molecule has 1 fully saturated rings. The van der Waals surface area contributed by atoms with E-state index in [0.29, 0.717) is 17.6 Å². The molecule has 0 bridgehead atoms. The number of rotatable bonds is 4. The molecule has 0 unspecified atom stereocenters. The van der Waals surface area contributed by atoms with Crippen LogP contribution in [-0.4, -0.2) is 18.1 Å². The number of pyridine rings is 1. The van der Waals surface area contributed by atoms with Crippen LogP contribution in [0.25, 0.3) is 0 Å². The van der Waals surface area contributed by atoms with Gasteiger partial charge in [0, 0.05) is 19.2 Å². The van der Waals surface area contributed by atoms with E-state index in [0.717, 1.165) is 25.9 Å². The first-order valence-electron chi connectivity index (χ1n) is 7.04. The first-order valence-corrected chi connectivity index (χ1v) is 8.23. The molecule has 8 heteroatoms. The van der Waals surface area contributed by atoms with E-state index in [1.807, 2.05) is 4.90 Å². The monoisotopic (exact) mass is 359 g/mol. The summed E-state index contributed by atoms with van der Waals surface area (Å²) in [5.41, 5.74) is 0.368. The first kappa shape index (κ1) is 16.3. The molecule has 0 radical (unpaired) electrons. The average molecular weight is 360 g/mol. The number of hydrogen-bond donors (Lipinski definition) is 1. The van der Waals surface area contributed by atoms with Crippen molar-refractivity contribution in [1.82, 2.24) is 4.98 Å². The Morgan fingerprint density at radius 1 is 1.17 bits per heavy atom. The molecule has 3 nitrogen and oxygen atoms in total. The van der Waals surface area contributed by atoms with E-state index in [1.54, 1.807) is 0 Å². The van der Waals surface area contributed by atoms with E-state index in [1.165, 1.54) is 24.3 Å². The lowest BCUT2D eigenvalue weighted by Gasteiger charge is -2.20. The van der Waals surface area contributed by atoms with Gasteiger partial charge in [-0.15, -0.1) is 0 Å². The Morgan fingerprint density at radius 3 is 2.61 bits per heavy atom. The highest BCUT2D eigenvalue weighted by Crippen LogP contribution is 2.38. The number of halogens is 4. The lowest BCUT2D eigenvalue weighted by atomic mass is 10.2. The number of aromatic nitrogens is 1. The van der Waals surface area contributed by atoms with Crippen molar-refractivity contribution in [3.8, 4) is 0 Å². The van der Waals surface area contributed by atoms with Crippen LogP contribution in [0, 0.1) is 17.6 Å². The normalized spacial score (nSPS) is 14.3. The maximum atomic E-state index is 14.4. The SMILES string of the molecule is Fc1cccc(NSc2c(F)cc(N3CCCC3)c(Cl)c2F)n1. The Kier molecular flexibility index (Phi) is 4.87. The summed E-state index contributed by atoms with van der Waals surface area (Å²) in [6, 6.07) is 5.35. The van der Waals surface area contributed by atoms with Gasteiger partial charge in [0.2, 0.25) is 5.95 Å². The number of hydrogen-bond acceptors (Lipinski definition) is 4. The predicted octanol–water partition coefficient (Wildman–Crippen LogP) is 4.87. The van der Waals surface area contributed by atoms with Crippen molar-refractivity contribution in [2.75, 3.05) is 22.7 Å². The van der Waals surface area contributed by atoms with Gasteiger partial charge in [-0.1, -0.05) is 17.7 Å². The molecule has 1 saturated heterocycles. The maximum absolute atomic E-state index is 14.4. The average Bonchev–Trinajstić information content (AvgIpc) is 3.05. The molecule has 1 aliphatic rings. The van der Waals surface area contributed by atoms with Crippen LogP contribution in [0.3, 0.4) is 0 Å². The largest absolute Gasteiger partial charge is 0.370 e. The predicted molar refractivity (Wildman–Crippen MR) is 86.5 cm³/mol. The minimum Gasteiger partial charge on any atom is -0.370 e. The van der Waals surface area contributed by atoms with Crippen molar-refractivity contribution >= 4 is 35.1 Å². The second-order valence-corrected chi connectivity index (χ2v) is 6.27. The van der Waals surface area contributed by atoms with E-state index >= 15 is 0 Å². The number of nitrogens with one attached hydrogen (secondary N) is 1. The summed E-state index contributed by atoms with van der Waals surface area (Å²) in [5.74, 6) is -2.07. The zero-order chi connectivity index (χ0) is 16.4. The molecule has 2 heterocycles. The second kappa shape index (κ2) is 6.88. The topological polar surface area (TPSA) is 28.2 Å². The summed E-state index contributed by atoms with van der Waals surface area (Å²) in [4.78, 5) is 5.16. The molecule has 1 aliphatic heterocycles. The summed E-state index contributed by atoms with van der Waals surface area (Å²) in [6.07, 6.45) is 1.95. The third-order valence-corrected chi connectivity index (χ3v) is 4.77. The van der Waals surface area contributed by atoms with Crippen LogP contribution in [0.1, 0.15) is 12.8 Å². The van der Waals surface area contributed by atoms with Gasteiger partial charge in [0.15, 0.2) is 5.82 Å². The second-order valence-electron chi connectivity index (χ2n) is 5.08. The fourth-order valence-electron chi connectivity index (χ4n) is 2.42. The molecule has 0 atom stereocenters. The molecule has 122 valence electrons. The van der Waals surface area contributed by atoms with Gasteiger partial charge in [-0.2, -0.15) is 4.39 Å². The fraction of sp³-hybridized carbons (Fsp3) is 0.267. The lowest BCUT2D eigenvalue weighted by Crippen LogP contribution is -2.19. The summed E-state index contributed by atoms with van der Waals surface area (Å²) in [7, 11) is 0. The summed E-state index contributed by atoms with van der Waals surface area (Å²) in [6.45, 7) is 1.47. The zero-order valence-electron chi connectivity index (χ0n) is 12.0. The van der Waals surface area contributed by atoms with E-state index in [4.69, 9.17) is 11.6 Å². The van der Waals surface area contributed by atoms with Crippen molar-refractivity contribution in [2.24, 2.45) is 0 Å². The van der Waals surface area contributed by atoms with Crippen molar-refractivity contribution in [3.63, 3.8) is 0 Å². The zero-order valence-corrected chi connectivity index (χ0v) is 13.5. The summed E-state index contributed by atoms with van der Waals surface area (Å²) in [5, 5.41) is -0.107. The van der Waals surface area contributed by atoms with Gasteiger partial charge in [-0.25, -0.2) is 13.8 Å². The highest BCUT2D eigenvalue weighted by molar-refractivity contribution is 8.00. The third kappa shape index (κ3) is 3.50. The van der Waals surface area contributed by atoms with Gasteiger partial charge in [-0.3, -0.25) is 0 Å². The molecular formula is C15H13ClF3N3S. The Balaban J connectivity index is 1.83. The quantitative estimate of drug-likeness (QED) is 0.479. The van der Waals surface area contributed by atoms with E-state index in [2.05, 4.69) is 9.71 Å². The maximum Gasteiger partial charge on any atom is 0.214 e. The van der Waals surface area contributed by atoms with Crippen LogP contribution in [0.15, 0.2) is 29.2 Å². The smallest absolute Gasteiger partial charge is 0.214 e. The molecule has 1 N–H and O–H groups in total. The standard InChI is InChI=1S/C15H13ClF3N3S/c16-13-10(22-6-1-2-7-22)8-9(17)15(14(13)19)23-21-12-5-3-4-11(18)20-12/h3-5,8H,1-2,6-7H2,(H,20,21). The highest BCUT2D eigenvalue weighted by atomic mass is 35.5. The van der Waals surface area contributed by atoms with Crippen molar-refractivity contribution < 1.29 is 13.2 Å². The third-order valence-electron chi connectivity index (χ3n) is 3.52. The molecule has 23 heavy (non-hydrogen) atoms. The molecule has 1 aromatic carbocycles. The first-order chi connectivity index (χ1) is 11.1. The number of benzene rings is 1. The molecule has 3 rings (SSSR count). The molecule has 2 aromatic rings. The molecule has 0 amide bonds. The van der Waals surface area contributed by atoms with Crippen molar-refractivity contribution in [2.45, 2.75) is 17.7 Å². The van der Waals surface area contributed by atoms with Crippen molar-refractivity contribution in [1.29, 1.82) is 0 Å². The molecule has 1 aromatic heterocycles. The molecule has 0 spiro atoms. The van der Waals surface area contributed by atoms with Crippen LogP contribution in [0.2, 0.25) is 5.02 Å². The van der Waals surface area contributed by atoms with Gasteiger partial charge in [0.05, 0.1) is 5.69 Å². The van der Waals surface area contributed by atoms with Gasteiger partial charge < -0.3 is 9.62 Å². The van der Waals surface area contributed by atoms with Crippen LogP contribution in [0.4, 0.5) is 24.7 Å². The fourth-order valence-corrected chi connectivity index (χ4v) is 3.41. The number of nitrogens with zero attached hydrogens (tertiary/aromatic N) is 2. The van der Waals surface area contributed by atoms with Crippen LogP contribution < -0.4 is 9.62 Å². The Morgan fingerprint density at radius 2 is 1.91 bits per heavy atom. The minimum atomic E-state index is -0.831. The van der Waals surface area contributed by atoms with Crippen LogP contribution >= 0.6 is 23.5 Å².